The minimum absolute atomic E-state index is 0.390. The Morgan fingerprint density at radius 1 is 1.67 bits per heavy atom. The van der Waals surface area contributed by atoms with E-state index in [0.29, 0.717) is 11.7 Å². The molecule has 1 unspecified atom stereocenters. The maximum Gasteiger partial charge on any atom is 0.320 e. The fraction of sp³-hybridized carbons (Fsp3) is 0.900. The van der Waals surface area contributed by atoms with Gasteiger partial charge in [0, 0.05) is 0 Å². The summed E-state index contributed by atoms with van der Waals surface area (Å²) < 4.78 is 5.05. The van der Waals surface area contributed by atoms with Gasteiger partial charge in [-0.15, -0.1) is 0 Å². The van der Waals surface area contributed by atoms with Crippen LogP contribution in [0.25, 0.3) is 0 Å². The van der Waals surface area contributed by atoms with Crippen LogP contribution in [0, 0.1) is 0 Å². The highest BCUT2D eigenvalue weighted by Crippen LogP contribution is 2.20. The fourth-order valence-electron chi connectivity index (χ4n) is 1.29. The molecule has 1 rings (SSSR count). The van der Waals surface area contributed by atoms with Crippen molar-refractivity contribution in [2.24, 2.45) is 0 Å². The molecule has 0 aromatic rings. The summed E-state index contributed by atoms with van der Waals surface area (Å²) in [7, 11) is 0. The van der Waals surface area contributed by atoms with Crippen molar-refractivity contribution in [2.75, 3.05) is 25.5 Å². The van der Waals surface area contributed by atoms with Gasteiger partial charge in [0.25, 0.3) is 0 Å². The van der Waals surface area contributed by atoms with E-state index < -0.39 is 12.0 Å². The van der Waals surface area contributed by atoms with Crippen LogP contribution >= 0.6 is 11.8 Å². The van der Waals surface area contributed by atoms with E-state index in [2.05, 4.69) is 5.32 Å². The first-order valence-electron chi connectivity index (χ1n) is 5.39. The van der Waals surface area contributed by atoms with Crippen LogP contribution in [0.1, 0.15) is 19.8 Å². The van der Waals surface area contributed by atoms with Gasteiger partial charge in [0.1, 0.15) is 6.04 Å². The fourth-order valence-corrected chi connectivity index (χ4v) is 2.38. The smallest absolute Gasteiger partial charge is 0.320 e. The summed E-state index contributed by atoms with van der Waals surface area (Å²) in [6, 6.07) is -0.390. The molecule has 0 saturated carbocycles. The Bertz CT molecular complexity index is 197. The maximum atomic E-state index is 10.9. The van der Waals surface area contributed by atoms with Crippen LogP contribution in [0.2, 0.25) is 0 Å². The number of aliphatic carboxylic acids is 1. The first kappa shape index (κ1) is 12.8. The average Bonchev–Trinajstić information content (AvgIpc) is 2.13. The van der Waals surface area contributed by atoms with E-state index in [1.165, 1.54) is 0 Å². The number of nitrogens with one attached hydrogen (secondary N) is 1. The average molecular weight is 233 g/mol. The minimum Gasteiger partial charge on any atom is -0.480 e. The molecule has 5 heteroatoms. The Balaban J connectivity index is 2.09. The molecule has 0 aliphatic carbocycles. The van der Waals surface area contributed by atoms with Gasteiger partial charge in [-0.2, -0.15) is 11.8 Å². The number of rotatable bonds is 8. The summed E-state index contributed by atoms with van der Waals surface area (Å²) in [5.41, 5.74) is 0. The molecule has 0 aromatic heterocycles. The molecule has 0 amide bonds. The number of hydrogen-bond acceptors (Lipinski definition) is 4. The molecule has 1 saturated heterocycles. The summed E-state index contributed by atoms with van der Waals surface area (Å²) in [6.07, 6.45) is 1.66. The Hall–Kier alpha value is -0.260. The molecular formula is C10H19NO3S. The highest BCUT2D eigenvalue weighted by atomic mass is 32.2. The molecule has 88 valence electrons. The van der Waals surface area contributed by atoms with E-state index in [0.717, 1.165) is 31.9 Å². The molecule has 1 aliphatic rings. The lowest BCUT2D eigenvalue weighted by atomic mass is 10.2. The number of ether oxygens (including phenoxy) is 1. The molecule has 1 aliphatic heterocycles. The van der Waals surface area contributed by atoms with Crippen molar-refractivity contribution in [2.45, 2.75) is 31.1 Å². The Labute approximate surface area is 94.8 Å². The van der Waals surface area contributed by atoms with E-state index in [1.807, 2.05) is 18.7 Å². The number of carboxylic acids is 1. The largest absolute Gasteiger partial charge is 0.480 e. The molecule has 0 aromatic carbocycles. The van der Waals surface area contributed by atoms with Crippen LogP contribution in [0.4, 0.5) is 0 Å². The number of hydrogen-bond donors (Lipinski definition) is 2. The Kier molecular flexibility index (Phi) is 6.05. The van der Waals surface area contributed by atoms with Gasteiger partial charge in [0.15, 0.2) is 0 Å². The second kappa shape index (κ2) is 7.09. The SMILES string of the molecule is CCCNC(CCSC1COC1)C(=O)O. The van der Waals surface area contributed by atoms with Gasteiger partial charge in [-0.1, -0.05) is 6.92 Å². The van der Waals surface area contributed by atoms with E-state index in [-0.39, 0.29) is 0 Å². The summed E-state index contributed by atoms with van der Waals surface area (Å²) in [5, 5.41) is 12.6. The standard InChI is InChI=1S/C10H19NO3S/c1-2-4-11-9(10(12)13)3-5-15-8-6-14-7-8/h8-9,11H,2-7H2,1H3,(H,12,13). The van der Waals surface area contributed by atoms with E-state index in [9.17, 15) is 4.79 Å². The van der Waals surface area contributed by atoms with Gasteiger partial charge in [-0.3, -0.25) is 4.79 Å². The lowest BCUT2D eigenvalue weighted by molar-refractivity contribution is -0.139. The van der Waals surface area contributed by atoms with Crippen LogP contribution < -0.4 is 5.32 Å². The molecule has 1 heterocycles. The van der Waals surface area contributed by atoms with Crippen molar-refractivity contribution in [3.05, 3.63) is 0 Å². The monoisotopic (exact) mass is 233 g/mol. The zero-order chi connectivity index (χ0) is 11.1. The van der Waals surface area contributed by atoms with E-state index in [1.54, 1.807) is 0 Å². The quantitative estimate of drug-likeness (QED) is 0.654. The van der Waals surface area contributed by atoms with Crippen molar-refractivity contribution in [1.29, 1.82) is 0 Å². The van der Waals surface area contributed by atoms with E-state index in [4.69, 9.17) is 9.84 Å². The predicted molar refractivity (Wildman–Crippen MR) is 61.4 cm³/mol. The molecule has 0 bridgehead atoms. The molecular weight excluding hydrogens is 214 g/mol. The van der Waals surface area contributed by atoms with Crippen molar-refractivity contribution >= 4 is 17.7 Å². The summed E-state index contributed by atoms with van der Waals surface area (Å²) in [6.45, 7) is 4.45. The molecule has 0 radical (unpaired) electrons. The van der Waals surface area contributed by atoms with Gasteiger partial charge in [0.05, 0.1) is 18.5 Å². The van der Waals surface area contributed by atoms with Crippen molar-refractivity contribution in [3.8, 4) is 0 Å². The van der Waals surface area contributed by atoms with E-state index >= 15 is 0 Å². The lowest BCUT2D eigenvalue weighted by Gasteiger charge is -2.25. The zero-order valence-electron chi connectivity index (χ0n) is 9.07. The molecule has 1 atom stereocenters. The van der Waals surface area contributed by atoms with Gasteiger partial charge in [-0.05, 0) is 25.1 Å². The summed E-state index contributed by atoms with van der Waals surface area (Å²) >= 11 is 1.81. The van der Waals surface area contributed by atoms with Gasteiger partial charge < -0.3 is 15.2 Å². The topological polar surface area (TPSA) is 58.6 Å². The van der Waals surface area contributed by atoms with Crippen molar-refractivity contribution in [3.63, 3.8) is 0 Å². The van der Waals surface area contributed by atoms with Crippen LogP contribution in [0.5, 0.6) is 0 Å². The Morgan fingerprint density at radius 2 is 2.40 bits per heavy atom. The Morgan fingerprint density at radius 3 is 2.87 bits per heavy atom. The first-order valence-corrected chi connectivity index (χ1v) is 6.44. The first-order chi connectivity index (χ1) is 7.24. The highest BCUT2D eigenvalue weighted by molar-refractivity contribution is 8.00. The second-order valence-corrected chi connectivity index (χ2v) is 5.07. The van der Waals surface area contributed by atoms with Crippen molar-refractivity contribution in [1.82, 2.24) is 5.32 Å². The molecule has 0 spiro atoms. The summed E-state index contributed by atoms with van der Waals surface area (Å²) in [4.78, 5) is 10.9. The lowest BCUT2D eigenvalue weighted by Crippen LogP contribution is -2.38. The third-order valence-electron chi connectivity index (χ3n) is 2.31. The van der Waals surface area contributed by atoms with Crippen molar-refractivity contribution < 1.29 is 14.6 Å². The van der Waals surface area contributed by atoms with Gasteiger partial charge in [0.2, 0.25) is 0 Å². The third kappa shape index (κ3) is 4.86. The second-order valence-electron chi connectivity index (χ2n) is 3.66. The van der Waals surface area contributed by atoms with Gasteiger partial charge >= 0.3 is 5.97 Å². The minimum atomic E-state index is -0.742. The zero-order valence-corrected chi connectivity index (χ0v) is 9.89. The number of thioether (sulfide) groups is 1. The normalized spacial score (nSPS) is 18.5. The molecule has 15 heavy (non-hydrogen) atoms. The number of carbonyl (C=O) groups is 1. The molecule has 1 fully saturated rings. The van der Waals surface area contributed by atoms with Gasteiger partial charge in [-0.25, -0.2) is 0 Å². The van der Waals surface area contributed by atoms with Crippen LogP contribution in [0.3, 0.4) is 0 Å². The third-order valence-corrected chi connectivity index (χ3v) is 3.52. The summed E-state index contributed by atoms with van der Waals surface area (Å²) in [5.74, 6) is 0.149. The van der Waals surface area contributed by atoms with Crippen LogP contribution in [0.15, 0.2) is 0 Å². The number of carboxylic acid groups (broad SMARTS) is 1. The maximum absolute atomic E-state index is 10.9. The van der Waals surface area contributed by atoms with Crippen LogP contribution in [-0.4, -0.2) is 47.9 Å². The molecule has 4 nitrogen and oxygen atoms in total. The predicted octanol–water partition coefficient (Wildman–Crippen LogP) is 0.961. The van der Waals surface area contributed by atoms with Crippen LogP contribution in [-0.2, 0) is 9.53 Å². The highest BCUT2D eigenvalue weighted by Gasteiger charge is 2.21. The molecule has 2 N–H and O–H groups in total.